The molecule has 3 aromatic rings. The highest BCUT2D eigenvalue weighted by atomic mass is 15.2. The van der Waals surface area contributed by atoms with E-state index in [0.717, 1.165) is 24.2 Å². The molecule has 1 aliphatic rings. The molecule has 0 aliphatic carbocycles. The van der Waals surface area contributed by atoms with Crippen LogP contribution in [-0.2, 0) is 0 Å². The van der Waals surface area contributed by atoms with E-state index < -0.39 is 0 Å². The number of rotatable bonds is 2. The maximum absolute atomic E-state index is 9.02. The maximum atomic E-state index is 9.02. The quantitative estimate of drug-likeness (QED) is 0.728. The Labute approximate surface area is 128 Å². The van der Waals surface area contributed by atoms with Crippen LogP contribution in [0.5, 0.6) is 0 Å². The third-order valence-electron chi connectivity index (χ3n) is 4.13. The van der Waals surface area contributed by atoms with Gasteiger partial charge in [0.1, 0.15) is 11.6 Å². The molecule has 4 rings (SSSR count). The van der Waals surface area contributed by atoms with Gasteiger partial charge in [-0.15, -0.1) is 0 Å². The molecule has 0 bridgehead atoms. The minimum Gasteiger partial charge on any atom is -0.372 e. The molecule has 0 amide bonds. The summed E-state index contributed by atoms with van der Waals surface area (Å²) in [5.74, 6) is 0. The molecule has 1 saturated heterocycles. The van der Waals surface area contributed by atoms with E-state index in [1.807, 2.05) is 6.20 Å². The number of nitrogens with zero attached hydrogens (tertiary/aromatic N) is 5. The molecule has 1 aromatic carbocycles. The first-order valence-corrected chi connectivity index (χ1v) is 7.44. The molecular weight excluding hydrogens is 274 g/mol. The summed E-state index contributed by atoms with van der Waals surface area (Å²) in [6, 6.07) is 10.6. The van der Waals surface area contributed by atoms with Crippen molar-refractivity contribution in [1.29, 1.82) is 5.26 Å². The van der Waals surface area contributed by atoms with Crippen LogP contribution >= 0.6 is 0 Å². The number of anilines is 1. The predicted octanol–water partition coefficient (Wildman–Crippen LogP) is 2.87. The molecular formula is C17H15N5. The zero-order chi connectivity index (χ0) is 14.9. The average Bonchev–Trinajstić information content (AvgIpc) is 3.24. The Morgan fingerprint density at radius 3 is 2.77 bits per heavy atom. The van der Waals surface area contributed by atoms with Crippen molar-refractivity contribution in [3.05, 3.63) is 48.4 Å². The molecule has 2 aromatic heterocycles. The normalized spacial score (nSPS) is 14.4. The number of nitriles is 1. The summed E-state index contributed by atoms with van der Waals surface area (Å²) in [7, 11) is 0. The highest BCUT2D eigenvalue weighted by Crippen LogP contribution is 2.26. The van der Waals surface area contributed by atoms with Gasteiger partial charge in [0.15, 0.2) is 5.65 Å². The fraction of sp³-hybridized carbons (Fsp3) is 0.235. The van der Waals surface area contributed by atoms with E-state index in [0.29, 0.717) is 11.2 Å². The highest BCUT2D eigenvalue weighted by molar-refractivity contribution is 5.69. The van der Waals surface area contributed by atoms with E-state index in [2.05, 4.69) is 45.3 Å². The second kappa shape index (κ2) is 5.15. The van der Waals surface area contributed by atoms with Crippen molar-refractivity contribution < 1.29 is 0 Å². The molecule has 0 N–H and O–H groups in total. The molecule has 0 atom stereocenters. The van der Waals surface area contributed by atoms with Crippen LogP contribution in [0.1, 0.15) is 18.4 Å². The van der Waals surface area contributed by atoms with E-state index in [-0.39, 0.29) is 0 Å². The van der Waals surface area contributed by atoms with Gasteiger partial charge in [-0.3, -0.25) is 0 Å². The fourth-order valence-electron chi connectivity index (χ4n) is 2.96. The molecule has 3 heterocycles. The van der Waals surface area contributed by atoms with Gasteiger partial charge in [-0.2, -0.15) is 10.4 Å². The van der Waals surface area contributed by atoms with Gasteiger partial charge in [-0.1, -0.05) is 12.1 Å². The monoisotopic (exact) mass is 289 g/mol. The van der Waals surface area contributed by atoms with Crippen molar-refractivity contribution in [2.24, 2.45) is 0 Å². The second-order valence-electron chi connectivity index (χ2n) is 5.53. The van der Waals surface area contributed by atoms with E-state index >= 15 is 0 Å². The Morgan fingerprint density at radius 2 is 1.95 bits per heavy atom. The summed E-state index contributed by atoms with van der Waals surface area (Å²) in [6.45, 7) is 2.26. The van der Waals surface area contributed by atoms with Gasteiger partial charge in [-0.05, 0) is 30.5 Å². The Balaban J connectivity index is 1.75. The number of aromatic nitrogens is 3. The van der Waals surface area contributed by atoms with Crippen molar-refractivity contribution >= 4 is 11.3 Å². The molecule has 0 saturated carbocycles. The SMILES string of the molecule is N#Cc1cnn2cc(-c3cccc(N4CCCC4)c3)cnc12. The largest absolute Gasteiger partial charge is 0.372 e. The van der Waals surface area contributed by atoms with Gasteiger partial charge in [-0.25, -0.2) is 9.50 Å². The van der Waals surface area contributed by atoms with Gasteiger partial charge in [0.25, 0.3) is 0 Å². The molecule has 5 nitrogen and oxygen atoms in total. The molecule has 108 valence electrons. The molecule has 22 heavy (non-hydrogen) atoms. The van der Waals surface area contributed by atoms with Gasteiger partial charge in [0.05, 0.1) is 6.20 Å². The lowest BCUT2D eigenvalue weighted by Gasteiger charge is -2.18. The van der Waals surface area contributed by atoms with Gasteiger partial charge >= 0.3 is 0 Å². The Morgan fingerprint density at radius 1 is 1.09 bits per heavy atom. The first-order chi connectivity index (χ1) is 10.8. The van der Waals surface area contributed by atoms with Crippen LogP contribution in [0.2, 0.25) is 0 Å². The van der Waals surface area contributed by atoms with Crippen LogP contribution < -0.4 is 4.90 Å². The third-order valence-corrected chi connectivity index (χ3v) is 4.13. The first kappa shape index (κ1) is 12.8. The topological polar surface area (TPSA) is 57.2 Å². The molecule has 1 aliphatic heterocycles. The summed E-state index contributed by atoms with van der Waals surface area (Å²) in [6.07, 6.45) is 7.81. The van der Waals surface area contributed by atoms with Crippen molar-refractivity contribution in [3.8, 4) is 17.2 Å². The van der Waals surface area contributed by atoms with Crippen LogP contribution in [0.25, 0.3) is 16.8 Å². The van der Waals surface area contributed by atoms with Crippen molar-refractivity contribution in [1.82, 2.24) is 14.6 Å². The molecule has 1 fully saturated rings. The van der Waals surface area contributed by atoms with Crippen LogP contribution in [0.4, 0.5) is 5.69 Å². The lowest BCUT2D eigenvalue weighted by atomic mass is 10.1. The molecule has 5 heteroatoms. The Hall–Kier alpha value is -2.87. The zero-order valence-corrected chi connectivity index (χ0v) is 12.1. The molecule has 0 radical (unpaired) electrons. The average molecular weight is 289 g/mol. The standard InChI is InChI=1S/C17H15N5/c18-9-14-11-20-22-12-15(10-19-17(14)22)13-4-3-5-16(8-13)21-6-1-2-7-21/h3-5,8,10-12H,1-2,6-7H2. The third kappa shape index (κ3) is 2.09. The Bertz CT molecular complexity index is 868. The minimum absolute atomic E-state index is 0.498. The van der Waals surface area contributed by atoms with E-state index in [1.165, 1.54) is 18.5 Å². The number of fused-ring (bicyclic) bond motifs is 1. The minimum atomic E-state index is 0.498. The molecule has 0 spiro atoms. The lowest BCUT2D eigenvalue weighted by Crippen LogP contribution is -2.17. The van der Waals surface area contributed by atoms with Crippen LogP contribution in [0.15, 0.2) is 42.9 Å². The Kier molecular flexibility index (Phi) is 3.01. The van der Waals surface area contributed by atoms with E-state index in [4.69, 9.17) is 5.26 Å². The summed E-state index contributed by atoms with van der Waals surface area (Å²) in [4.78, 5) is 6.79. The van der Waals surface area contributed by atoms with Gasteiger partial charge in [0.2, 0.25) is 0 Å². The number of benzene rings is 1. The van der Waals surface area contributed by atoms with Crippen molar-refractivity contribution in [2.75, 3.05) is 18.0 Å². The molecule has 0 unspecified atom stereocenters. The van der Waals surface area contributed by atoms with Crippen LogP contribution in [0.3, 0.4) is 0 Å². The predicted molar refractivity (Wildman–Crippen MR) is 84.6 cm³/mol. The summed E-state index contributed by atoms with van der Waals surface area (Å²) < 4.78 is 1.66. The van der Waals surface area contributed by atoms with Gasteiger partial charge in [0, 0.05) is 36.7 Å². The van der Waals surface area contributed by atoms with E-state index in [9.17, 15) is 0 Å². The second-order valence-corrected chi connectivity index (χ2v) is 5.53. The first-order valence-electron chi connectivity index (χ1n) is 7.44. The summed E-state index contributed by atoms with van der Waals surface area (Å²) in [5, 5.41) is 13.2. The van der Waals surface area contributed by atoms with Gasteiger partial charge < -0.3 is 4.90 Å². The summed E-state index contributed by atoms with van der Waals surface area (Å²) >= 11 is 0. The smallest absolute Gasteiger partial charge is 0.172 e. The fourth-order valence-corrected chi connectivity index (χ4v) is 2.96. The number of hydrogen-bond acceptors (Lipinski definition) is 4. The highest BCUT2D eigenvalue weighted by Gasteiger charge is 2.13. The van der Waals surface area contributed by atoms with E-state index in [1.54, 1.807) is 16.9 Å². The van der Waals surface area contributed by atoms with Crippen molar-refractivity contribution in [3.63, 3.8) is 0 Å². The van der Waals surface area contributed by atoms with Crippen LogP contribution in [0, 0.1) is 11.3 Å². The van der Waals surface area contributed by atoms with Crippen molar-refractivity contribution in [2.45, 2.75) is 12.8 Å². The maximum Gasteiger partial charge on any atom is 0.172 e. The zero-order valence-electron chi connectivity index (χ0n) is 12.1. The summed E-state index contributed by atoms with van der Waals surface area (Å²) in [5.41, 5.74) is 4.47. The lowest BCUT2D eigenvalue weighted by molar-refractivity contribution is 0.941. The van der Waals surface area contributed by atoms with Crippen LogP contribution in [-0.4, -0.2) is 27.7 Å². The number of hydrogen-bond donors (Lipinski definition) is 0.